The molecule has 3 aromatic rings. The van der Waals surface area contributed by atoms with Crippen molar-refractivity contribution in [2.45, 2.75) is 65.6 Å². The van der Waals surface area contributed by atoms with Crippen LogP contribution in [-0.2, 0) is 39.0 Å². The standard InChI is InChI=1S/C32H41N3O4S/c1-6-25(4)33-32(37)30(21-26-13-9-8-10-14-26)34(22-27-19-17-24(3)18-20-27)31(36)23-35(40(5,38)39)29-16-12-11-15-28(29)7-2/h8-20,25,30H,6-7,21-23H2,1-5H3,(H,33,37)/t25-,30+/m1/s1. The SMILES string of the molecule is CCc1ccccc1N(CC(=O)N(Cc1ccc(C)cc1)[C@@H](Cc1ccccc1)C(=O)N[C@H](C)CC)S(C)(=O)=O. The lowest BCUT2D eigenvalue weighted by molar-refractivity contribution is -0.140. The van der Waals surface area contributed by atoms with E-state index in [4.69, 9.17) is 0 Å². The number of amides is 2. The van der Waals surface area contributed by atoms with E-state index in [1.807, 2.05) is 94.4 Å². The number of hydrogen-bond acceptors (Lipinski definition) is 4. The van der Waals surface area contributed by atoms with Crippen molar-refractivity contribution in [3.05, 3.63) is 101 Å². The number of anilines is 1. The fourth-order valence-corrected chi connectivity index (χ4v) is 5.41. The minimum atomic E-state index is -3.80. The Balaban J connectivity index is 2.07. The number of hydrogen-bond donors (Lipinski definition) is 1. The average molecular weight is 564 g/mol. The molecular weight excluding hydrogens is 522 g/mol. The lowest BCUT2D eigenvalue weighted by Crippen LogP contribution is -2.54. The van der Waals surface area contributed by atoms with E-state index in [1.165, 1.54) is 4.90 Å². The van der Waals surface area contributed by atoms with Crippen molar-refractivity contribution in [2.24, 2.45) is 0 Å². The molecule has 8 heteroatoms. The molecule has 2 amide bonds. The van der Waals surface area contributed by atoms with E-state index in [9.17, 15) is 18.0 Å². The van der Waals surface area contributed by atoms with E-state index in [2.05, 4.69) is 5.32 Å². The Hall–Kier alpha value is -3.65. The number of carbonyl (C=O) groups excluding carboxylic acids is 2. The summed E-state index contributed by atoms with van der Waals surface area (Å²) in [5.41, 5.74) is 4.13. The first kappa shape index (κ1) is 30.9. The van der Waals surface area contributed by atoms with Gasteiger partial charge < -0.3 is 10.2 Å². The molecule has 0 aliphatic heterocycles. The van der Waals surface area contributed by atoms with E-state index < -0.39 is 28.5 Å². The number of carbonyl (C=O) groups is 2. The minimum Gasteiger partial charge on any atom is -0.352 e. The molecule has 0 aliphatic rings. The van der Waals surface area contributed by atoms with Gasteiger partial charge in [-0.15, -0.1) is 0 Å². The van der Waals surface area contributed by atoms with Crippen molar-refractivity contribution >= 4 is 27.5 Å². The van der Waals surface area contributed by atoms with Crippen LogP contribution in [0.15, 0.2) is 78.9 Å². The normalized spacial score (nSPS) is 12.8. The van der Waals surface area contributed by atoms with Crippen LogP contribution in [0.4, 0.5) is 5.69 Å². The summed E-state index contributed by atoms with van der Waals surface area (Å²) in [6.07, 6.45) is 2.75. The first-order valence-corrected chi connectivity index (χ1v) is 15.6. The second kappa shape index (κ2) is 14.1. The highest BCUT2D eigenvalue weighted by atomic mass is 32.2. The summed E-state index contributed by atoms with van der Waals surface area (Å²) < 4.78 is 27.2. The van der Waals surface area contributed by atoms with E-state index >= 15 is 0 Å². The highest BCUT2D eigenvalue weighted by molar-refractivity contribution is 7.92. The van der Waals surface area contributed by atoms with Crippen LogP contribution >= 0.6 is 0 Å². The van der Waals surface area contributed by atoms with Crippen LogP contribution in [0.1, 0.15) is 49.4 Å². The lowest BCUT2D eigenvalue weighted by atomic mass is 10.0. The summed E-state index contributed by atoms with van der Waals surface area (Å²) in [5.74, 6) is -0.712. The molecule has 0 aromatic heterocycles. The third-order valence-electron chi connectivity index (χ3n) is 7.07. The molecule has 0 heterocycles. The van der Waals surface area contributed by atoms with E-state index in [0.717, 1.165) is 39.2 Å². The third-order valence-corrected chi connectivity index (χ3v) is 8.19. The van der Waals surface area contributed by atoms with Gasteiger partial charge in [0.05, 0.1) is 11.9 Å². The van der Waals surface area contributed by atoms with E-state index in [1.54, 1.807) is 12.1 Å². The predicted octanol–water partition coefficient (Wildman–Crippen LogP) is 4.88. The Morgan fingerprint density at radius 3 is 2.10 bits per heavy atom. The van der Waals surface area contributed by atoms with Crippen molar-refractivity contribution in [1.29, 1.82) is 0 Å². The molecule has 0 bridgehead atoms. The molecule has 3 aromatic carbocycles. The Labute approximate surface area is 239 Å². The molecule has 0 spiro atoms. The van der Waals surface area contributed by atoms with Crippen LogP contribution in [0.25, 0.3) is 0 Å². The maximum Gasteiger partial charge on any atom is 0.244 e. The monoisotopic (exact) mass is 563 g/mol. The zero-order valence-corrected chi connectivity index (χ0v) is 24.9. The molecule has 3 rings (SSSR count). The topological polar surface area (TPSA) is 86.8 Å². The number of para-hydroxylation sites is 1. The largest absolute Gasteiger partial charge is 0.352 e. The van der Waals surface area contributed by atoms with Crippen molar-refractivity contribution in [3.8, 4) is 0 Å². The van der Waals surface area contributed by atoms with Crippen LogP contribution in [0.5, 0.6) is 0 Å². The summed E-state index contributed by atoms with van der Waals surface area (Å²) in [5, 5.41) is 3.05. The highest BCUT2D eigenvalue weighted by Crippen LogP contribution is 2.24. The Kier molecular flexibility index (Phi) is 10.9. The number of nitrogens with one attached hydrogen (secondary N) is 1. The van der Waals surface area contributed by atoms with Crippen LogP contribution in [0.2, 0.25) is 0 Å². The highest BCUT2D eigenvalue weighted by Gasteiger charge is 2.33. The quantitative estimate of drug-likeness (QED) is 0.321. The molecule has 0 unspecified atom stereocenters. The summed E-state index contributed by atoms with van der Waals surface area (Å²) in [7, 11) is -3.80. The Bertz CT molecular complexity index is 1370. The van der Waals surface area contributed by atoms with Crippen LogP contribution in [0.3, 0.4) is 0 Å². The predicted molar refractivity (Wildman–Crippen MR) is 162 cm³/mol. The van der Waals surface area contributed by atoms with Gasteiger partial charge in [-0.1, -0.05) is 92.2 Å². The number of benzene rings is 3. The zero-order valence-electron chi connectivity index (χ0n) is 24.1. The smallest absolute Gasteiger partial charge is 0.244 e. The van der Waals surface area contributed by atoms with Crippen LogP contribution in [-0.4, -0.2) is 50.0 Å². The minimum absolute atomic E-state index is 0.0777. The van der Waals surface area contributed by atoms with E-state index in [-0.39, 0.29) is 18.5 Å². The first-order valence-electron chi connectivity index (χ1n) is 13.8. The van der Waals surface area contributed by atoms with Crippen molar-refractivity contribution < 1.29 is 18.0 Å². The summed E-state index contributed by atoms with van der Waals surface area (Å²) in [6, 6.07) is 23.6. The van der Waals surface area contributed by atoms with Crippen LogP contribution in [0, 0.1) is 6.92 Å². The molecule has 0 fully saturated rings. The fraction of sp³-hybridized carbons (Fsp3) is 0.375. The maximum atomic E-state index is 14.2. The Morgan fingerprint density at radius 2 is 1.50 bits per heavy atom. The lowest BCUT2D eigenvalue weighted by Gasteiger charge is -2.34. The second-order valence-corrected chi connectivity index (χ2v) is 12.2. The van der Waals surface area contributed by atoms with Crippen molar-refractivity contribution in [3.63, 3.8) is 0 Å². The number of nitrogens with zero attached hydrogens (tertiary/aromatic N) is 2. The van der Waals surface area contributed by atoms with Gasteiger partial charge in [0.2, 0.25) is 21.8 Å². The second-order valence-electron chi connectivity index (χ2n) is 10.3. The number of rotatable bonds is 13. The van der Waals surface area contributed by atoms with Gasteiger partial charge >= 0.3 is 0 Å². The maximum absolute atomic E-state index is 14.2. The van der Waals surface area contributed by atoms with Crippen LogP contribution < -0.4 is 9.62 Å². The zero-order chi connectivity index (χ0) is 29.3. The van der Waals surface area contributed by atoms with Crippen molar-refractivity contribution in [2.75, 3.05) is 17.1 Å². The van der Waals surface area contributed by atoms with Gasteiger partial charge in [0.25, 0.3) is 0 Å². The Morgan fingerprint density at radius 1 is 0.875 bits per heavy atom. The molecule has 0 aliphatic carbocycles. The van der Waals surface area contributed by atoms with Gasteiger partial charge in [0.1, 0.15) is 12.6 Å². The van der Waals surface area contributed by atoms with Gasteiger partial charge in [-0.25, -0.2) is 8.42 Å². The summed E-state index contributed by atoms with van der Waals surface area (Å²) >= 11 is 0. The van der Waals surface area contributed by atoms with Gasteiger partial charge in [-0.3, -0.25) is 13.9 Å². The molecule has 40 heavy (non-hydrogen) atoms. The van der Waals surface area contributed by atoms with Gasteiger partial charge in [0.15, 0.2) is 0 Å². The molecule has 214 valence electrons. The summed E-state index contributed by atoms with van der Waals surface area (Å²) in [4.78, 5) is 29.4. The summed E-state index contributed by atoms with van der Waals surface area (Å²) in [6.45, 7) is 7.60. The number of aryl methyl sites for hydroxylation is 2. The first-order chi connectivity index (χ1) is 19.0. The average Bonchev–Trinajstić information content (AvgIpc) is 2.94. The molecular formula is C32H41N3O4S. The third kappa shape index (κ3) is 8.42. The van der Waals surface area contributed by atoms with E-state index in [0.29, 0.717) is 18.5 Å². The fourth-order valence-electron chi connectivity index (χ4n) is 4.53. The molecule has 0 saturated heterocycles. The van der Waals surface area contributed by atoms with Gasteiger partial charge in [-0.2, -0.15) is 0 Å². The molecule has 0 saturated carbocycles. The molecule has 2 atom stereocenters. The number of sulfonamides is 1. The van der Waals surface area contributed by atoms with Crippen molar-refractivity contribution in [1.82, 2.24) is 10.2 Å². The van der Waals surface area contributed by atoms with Gasteiger partial charge in [0, 0.05) is 19.0 Å². The molecule has 7 nitrogen and oxygen atoms in total. The molecule has 0 radical (unpaired) electrons. The van der Waals surface area contributed by atoms with Gasteiger partial charge in [-0.05, 0) is 49.4 Å². The molecule has 1 N–H and O–H groups in total.